The number of rotatable bonds is 2. The number of nitrogens with zero attached hydrogens (tertiary/aromatic N) is 1. The van der Waals surface area contributed by atoms with Crippen LogP contribution in [0.25, 0.3) is 11.1 Å². The van der Waals surface area contributed by atoms with Crippen LogP contribution in [-0.2, 0) is 6.61 Å². The van der Waals surface area contributed by atoms with Gasteiger partial charge in [0, 0.05) is 17.3 Å². The van der Waals surface area contributed by atoms with Crippen LogP contribution in [0.1, 0.15) is 5.56 Å². The first-order valence-corrected chi connectivity index (χ1v) is 6.16. The molecule has 0 unspecified atom stereocenters. The number of hydrogen-bond donors (Lipinski definition) is 2. The second-order valence-corrected chi connectivity index (χ2v) is 4.87. The molecule has 0 fully saturated rings. The summed E-state index contributed by atoms with van der Waals surface area (Å²) in [5.74, 6) is 0.299. The van der Waals surface area contributed by atoms with Crippen LogP contribution >= 0.6 is 34.8 Å². The van der Waals surface area contributed by atoms with Crippen LogP contribution in [0.15, 0.2) is 24.4 Å². The Hall–Kier alpha value is -1.00. The Morgan fingerprint density at radius 1 is 1.06 bits per heavy atom. The molecule has 3 N–H and O–H groups in total. The van der Waals surface area contributed by atoms with E-state index in [4.69, 9.17) is 45.6 Å². The number of pyridine rings is 1. The fourth-order valence-electron chi connectivity index (χ4n) is 1.53. The zero-order valence-electron chi connectivity index (χ0n) is 9.12. The summed E-state index contributed by atoms with van der Waals surface area (Å²) in [4.78, 5) is 4.01. The van der Waals surface area contributed by atoms with Crippen molar-refractivity contribution < 1.29 is 5.11 Å². The Morgan fingerprint density at radius 3 is 2.22 bits per heavy atom. The van der Waals surface area contributed by atoms with Crippen LogP contribution in [0.5, 0.6) is 0 Å². The highest BCUT2D eigenvalue weighted by Crippen LogP contribution is 2.35. The molecule has 1 heterocycles. The van der Waals surface area contributed by atoms with Gasteiger partial charge in [0.2, 0.25) is 0 Å². The molecule has 1 aromatic carbocycles. The highest BCUT2D eigenvalue weighted by molar-refractivity contribution is 6.48. The maximum absolute atomic E-state index is 9.15. The van der Waals surface area contributed by atoms with Gasteiger partial charge >= 0.3 is 0 Å². The van der Waals surface area contributed by atoms with Crippen molar-refractivity contribution >= 4 is 40.6 Å². The van der Waals surface area contributed by atoms with Gasteiger partial charge < -0.3 is 10.8 Å². The van der Waals surface area contributed by atoms with E-state index in [9.17, 15) is 0 Å². The Labute approximate surface area is 119 Å². The van der Waals surface area contributed by atoms with Crippen molar-refractivity contribution in [3.8, 4) is 11.1 Å². The lowest BCUT2D eigenvalue weighted by molar-refractivity contribution is 0.282. The standard InChI is InChI=1S/C12H9Cl3N2O/c13-9-2-6(3-10(14)11(9)15)7-1-8(5-18)12(16)17-4-7/h1-4,18H,5H2,(H2,16,17). The van der Waals surface area contributed by atoms with Gasteiger partial charge in [0.1, 0.15) is 5.82 Å². The highest BCUT2D eigenvalue weighted by Gasteiger charge is 2.09. The summed E-state index contributed by atoms with van der Waals surface area (Å²) in [5, 5.41) is 10.2. The molecule has 0 saturated carbocycles. The van der Waals surface area contributed by atoms with Gasteiger partial charge in [-0.3, -0.25) is 0 Å². The first kappa shape index (κ1) is 13.4. The van der Waals surface area contributed by atoms with E-state index in [1.54, 1.807) is 24.4 Å². The van der Waals surface area contributed by atoms with Gasteiger partial charge in [-0.1, -0.05) is 34.8 Å². The van der Waals surface area contributed by atoms with Crippen LogP contribution in [0.2, 0.25) is 15.1 Å². The van der Waals surface area contributed by atoms with Gasteiger partial charge in [-0.25, -0.2) is 4.98 Å². The molecule has 2 aromatic rings. The van der Waals surface area contributed by atoms with Crippen molar-refractivity contribution in [3.05, 3.63) is 45.0 Å². The van der Waals surface area contributed by atoms with E-state index < -0.39 is 0 Å². The fraction of sp³-hybridized carbons (Fsp3) is 0.0833. The Kier molecular flexibility index (Phi) is 3.97. The number of nitrogen functional groups attached to an aromatic ring is 1. The predicted molar refractivity (Wildman–Crippen MR) is 75.0 cm³/mol. The van der Waals surface area contributed by atoms with Gasteiger partial charge in [-0.05, 0) is 23.8 Å². The van der Waals surface area contributed by atoms with E-state index in [-0.39, 0.29) is 6.61 Å². The lowest BCUT2D eigenvalue weighted by Gasteiger charge is -2.08. The van der Waals surface area contributed by atoms with Crippen molar-refractivity contribution in [2.75, 3.05) is 5.73 Å². The summed E-state index contributed by atoms with van der Waals surface area (Å²) < 4.78 is 0. The molecule has 0 spiro atoms. The molecule has 18 heavy (non-hydrogen) atoms. The van der Waals surface area contributed by atoms with E-state index >= 15 is 0 Å². The third-order valence-corrected chi connectivity index (χ3v) is 3.69. The van der Waals surface area contributed by atoms with Crippen molar-refractivity contribution in [3.63, 3.8) is 0 Å². The number of benzene rings is 1. The van der Waals surface area contributed by atoms with Crippen molar-refractivity contribution in [2.45, 2.75) is 6.61 Å². The molecule has 6 heteroatoms. The third kappa shape index (κ3) is 2.54. The van der Waals surface area contributed by atoms with Crippen LogP contribution in [0.4, 0.5) is 5.82 Å². The monoisotopic (exact) mass is 302 g/mol. The van der Waals surface area contributed by atoms with Crippen molar-refractivity contribution in [1.82, 2.24) is 4.98 Å². The highest BCUT2D eigenvalue weighted by atomic mass is 35.5. The molecule has 1 aromatic heterocycles. The van der Waals surface area contributed by atoms with Crippen LogP contribution in [0, 0.1) is 0 Å². The minimum atomic E-state index is -0.179. The van der Waals surface area contributed by atoms with Crippen molar-refractivity contribution in [2.24, 2.45) is 0 Å². The van der Waals surface area contributed by atoms with E-state index in [1.807, 2.05) is 0 Å². The lowest BCUT2D eigenvalue weighted by atomic mass is 10.1. The maximum atomic E-state index is 9.15. The number of anilines is 1. The van der Waals surface area contributed by atoms with Gasteiger partial charge in [0.05, 0.1) is 21.7 Å². The normalized spacial score (nSPS) is 10.7. The molecular weight excluding hydrogens is 295 g/mol. The number of aromatic nitrogens is 1. The summed E-state index contributed by atoms with van der Waals surface area (Å²) in [5.41, 5.74) is 7.69. The van der Waals surface area contributed by atoms with Crippen LogP contribution < -0.4 is 5.73 Å². The average Bonchev–Trinajstić information content (AvgIpc) is 2.36. The van der Waals surface area contributed by atoms with E-state index in [0.29, 0.717) is 26.4 Å². The van der Waals surface area contributed by atoms with Gasteiger partial charge in [0.15, 0.2) is 0 Å². The second kappa shape index (κ2) is 5.33. The summed E-state index contributed by atoms with van der Waals surface area (Å²) >= 11 is 17.8. The molecule has 2 rings (SSSR count). The van der Waals surface area contributed by atoms with Crippen LogP contribution in [0.3, 0.4) is 0 Å². The van der Waals surface area contributed by atoms with E-state index in [0.717, 1.165) is 11.1 Å². The molecule has 0 radical (unpaired) electrons. The smallest absolute Gasteiger partial charge is 0.128 e. The molecular formula is C12H9Cl3N2O. The number of aliphatic hydroxyl groups excluding tert-OH is 1. The average molecular weight is 304 g/mol. The molecule has 0 saturated heterocycles. The molecule has 0 aliphatic rings. The van der Waals surface area contributed by atoms with Gasteiger partial charge in [-0.2, -0.15) is 0 Å². The number of aliphatic hydroxyl groups is 1. The summed E-state index contributed by atoms with van der Waals surface area (Å²) in [6.45, 7) is -0.179. The number of hydrogen-bond acceptors (Lipinski definition) is 3. The molecule has 0 aliphatic carbocycles. The van der Waals surface area contributed by atoms with Gasteiger partial charge in [-0.15, -0.1) is 0 Å². The minimum absolute atomic E-state index is 0.179. The Bertz CT molecular complexity index is 579. The molecule has 0 bridgehead atoms. The SMILES string of the molecule is Nc1ncc(-c2cc(Cl)c(Cl)c(Cl)c2)cc1CO. The minimum Gasteiger partial charge on any atom is -0.392 e. The number of halogens is 3. The summed E-state index contributed by atoms with van der Waals surface area (Å²) in [6, 6.07) is 5.10. The first-order valence-electron chi connectivity index (χ1n) is 5.03. The molecule has 94 valence electrons. The molecule has 3 nitrogen and oxygen atoms in total. The van der Waals surface area contributed by atoms with Crippen LogP contribution in [-0.4, -0.2) is 10.1 Å². The number of nitrogens with two attached hydrogens (primary N) is 1. The molecule has 0 atom stereocenters. The topological polar surface area (TPSA) is 59.1 Å². The summed E-state index contributed by atoms with van der Waals surface area (Å²) in [7, 11) is 0. The lowest BCUT2D eigenvalue weighted by Crippen LogP contribution is -1.98. The van der Waals surface area contributed by atoms with Gasteiger partial charge in [0.25, 0.3) is 0 Å². The Balaban J connectivity index is 2.55. The maximum Gasteiger partial charge on any atom is 0.128 e. The molecule has 0 aliphatic heterocycles. The van der Waals surface area contributed by atoms with Crippen molar-refractivity contribution in [1.29, 1.82) is 0 Å². The van der Waals surface area contributed by atoms with E-state index in [1.165, 1.54) is 0 Å². The first-order chi connectivity index (χ1) is 8.52. The predicted octanol–water partition coefficient (Wildman–Crippen LogP) is 3.78. The zero-order chi connectivity index (χ0) is 13.3. The zero-order valence-corrected chi connectivity index (χ0v) is 11.4. The van der Waals surface area contributed by atoms with E-state index in [2.05, 4.69) is 4.98 Å². The molecule has 0 amide bonds. The second-order valence-electron chi connectivity index (χ2n) is 3.68. The quantitative estimate of drug-likeness (QED) is 0.830. The Morgan fingerprint density at radius 2 is 1.67 bits per heavy atom. The summed E-state index contributed by atoms with van der Waals surface area (Å²) in [6.07, 6.45) is 1.59. The largest absolute Gasteiger partial charge is 0.392 e. The third-order valence-electron chi connectivity index (χ3n) is 2.49. The fourth-order valence-corrected chi connectivity index (χ4v) is 2.12.